The van der Waals surface area contributed by atoms with Gasteiger partial charge in [0.1, 0.15) is 0 Å². The van der Waals surface area contributed by atoms with Crippen molar-refractivity contribution in [2.75, 3.05) is 0 Å². The molecular formula is C21H32O. The fourth-order valence-corrected chi connectivity index (χ4v) is 4.75. The lowest BCUT2D eigenvalue weighted by Crippen LogP contribution is -2.35. The first-order valence-electron chi connectivity index (χ1n) is 9.05. The highest BCUT2D eigenvalue weighted by atomic mass is 16.3. The molecule has 0 amide bonds. The lowest BCUT2D eigenvalue weighted by molar-refractivity contribution is 0.0787. The molecule has 3 unspecified atom stereocenters. The van der Waals surface area contributed by atoms with Crippen LogP contribution < -0.4 is 0 Å². The van der Waals surface area contributed by atoms with E-state index < -0.39 is 0 Å². The van der Waals surface area contributed by atoms with Crippen molar-refractivity contribution in [3.05, 3.63) is 34.9 Å². The van der Waals surface area contributed by atoms with Gasteiger partial charge in [0.15, 0.2) is 0 Å². The lowest BCUT2D eigenvalue weighted by Gasteiger charge is -2.43. The van der Waals surface area contributed by atoms with Crippen LogP contribution in [-0.4, -0.2) is 11.2 Å². The second-order valence-electron chi connectivity index (χ2n) is 9.07. The summed E-state index contributed by atoms with van der Waals surface area (Å²) in [6, 6.07) is 7.10. The Balaban J connectivity index is 2.06. The number of aliphatic hydroxyl groups excluding tert-OH is 1. The molecule has 1 fully saturated rings. The van der Waals surface area contributed by atoms with Gasteiger partial charge in [-0.15, -0.1) is 0 Å². The van der Waals surface area contributed by atoms with Gasteiger partial charge in [-0.2, -0.15) is 0 Å². The summed E-state index contributed by atoms with van der Waals surface area (Å²) in [5.41, 5.74) is 4.94. The van der Waals surface area contributed by atoms with Gasteiger partial charge in [0.25, 0.3) is 0 Å². The molecule has 1 nitrogen and oxygen atoms in total. The number of aliphatic hydroxyl groups is 1. The zero-order valence-corrected chi connectivity index (χ0v) is 14.9. The Hall–Kier alpha value is -0.820. The Kier molecular flexibility index (Phi) is 3.92. The lowest BCUT2D eigenvalue weighted by atomic mass is 9.62. The van der Waals surface area contributed by atoms with Crippen molar-refractivity contribution in [2.45, 2.75) is 89.6 Å². The van der Waals surface area contributed by atoms with Crippen LogP contribution in [0.2, 0.25) is 0 Å². The minimum Gasteiger partial charge on any atom is -0.392 e. The molecule has 1 saturated carbocycles. The third kappa shape index (κ3) is 2.62. The Labute approximate surface area is 136 Å². The minimum atomic E-state index is -0.165. The fourth-order valence-electron chi connectivity index (χ4n) is 4.75. The van der Waals surface area contributed by atoms with E-state index in [1.807, 2.05) is 0 Å². The summed E-state index contributed by atoms with van der Waals surface area (Å²) in [4.78, 5) is 0. The molecule has 122 valence electrons. The Morgan fingerprint density at radius 3 is 2.23 bits per heavy atom. The molecule has 0 spiro atoms. The summed E-state index contributed by atoms with van der Waals surface area (Å²) >= 11 is 0. The molecule has 0 heterocycles. The Morgan fingerprint density at radius 1 is 0.955 bits per heavy atom. The van der Waals surface area contributed by atoms with E-state index in [0.717, 1.165) is 6.42 Å². The number of fused-ring (bicyclic) bond motifs is 1. The van der Waals surface area contributed by atoms with Crippen LogP contribution in [0.25, 0.3) is 0 Å². The quantitative estimate of drug-likeness (QED) is 0.746. The van der Waals surface area contributed by atoms with Crippen molar-refractivity contribution in [3.8, 4) is 0 Å². The van der Waals surface area contributed by atoms with Crippen LogP contribution in [0.3, 0.4) is 0 Å². The van der Waals surface area contributed by atoms with Gasteiger partial charge in [-0.25, -0.2) is 0 Å². The largest absolute Gasteiger partial charge is 0.392 e. The van der Waals surface area contributed by atoms with E-state index in [-0.39, 0.29) is 16.9 Å². The molecule has 22 heavy (non-hydrogen) atoms. The molecule has 0 saturated heterocycles. The maximum absolute atomic E-state index is 10.5. The molecule has 1 aromatic rings. The first kappa shape index (κ1) is 16.1. The van der Waals surface area contributed by atoms with Gasteiger partial charge in [0, 0.05) is 5.92 Å². The van der Waals surface area contributed by atoms with E-state index >= 15 is 0 Å². The van der Waals surface area contributed by atoms with Gasteiger partial charge in [-0.3, -0.25) is 0 Å². The third-order valence-electron chi connectivity index (χ3n) is 6.45. The average molecular weight is 300 g/mol. The molecule has 1 heteroatoms. The molecule has 2 aliphatic rings. The Bertz CT molecular complexity index is 545. The number of benzene rings is 1. The van der Waals surface area contributed by atoms with Crippen LogP contribution in [0.4, 0.5) is 0 Å². The molecule has 0 bridgehead atoms. The highest BCUT2D eigenvalue weighted by Gasteiger charge is 2.38. The van der Waals surface area contributed by atoms with Gasteiger partial charge in [0.2, 0.25) is 0 Å². The van der Waals surface area contributed by atoms with Crippen LogP contribution in [0.5, 0.6) is 0 Å². The van der Waals surface area contributed by atoms with Crippen molar-refractivity contribution in [3.63, 3.8) is 0 Å². The highest BCUT2D eigenvalue weighted by Crippen LogP contribution is 2.47. The number of hydrogen-bond donors (Lipinski definition) is 1. The van der Waals surface area contributed by atoms with Crippen molar-refractivity contribution in [1.82, 2.24) is 0 Å². The summed E-state index contributed by atoms with van der Waals surface area (Å²) in [5, 5.41) is 10.5. The Morgan fingerprint density at radius 2 is 1.59 bits per heavy atom. The van der Waals surface area contributed by atoms with Gasteiger partial charge in [0.05, 0.1) is 6.10 Å². The van der Waals surface area contributed by atoms with Crippen LogP contribution in [0, 0.1) is 5.92 Å². The maximum Gasteiger partial charge on any atom is 0.0611 e. The smallest absolute Gasteiger partial charge is 0.0611 e. The molecular weight excluding hydrogens is 268 g/mol. The third-order valence-corrected chi connectivity index (χ3v) is 6.45. The summed E-state index contributed by atoms with van der Waals surface area (Å²) in [6.45, 7) is 11.8. The fraction of sp³-hybridized carbons (Fsp3) is 0.714. The van der Waals surface area contributed by atoms with E-state index in [1.165, 1.54) is 42.4 Å². The molecule has 0 aromatic heterocycles. The number of hydrogen-bond acceptors (Lipinski definition) is 1. The zero-order chi connectivity index (χ0) is 16.1. The van der Waals surface area contributed by atoms with E-state index in [1.54, 1.807) is 0 Å². The van der Waals surface area contributed by atoms with Crippen LogP contribution in [-0.2, 0) is 10.8 Å². The molecule has 0 radical (unpaired) electrons. The van der Waals surface area contributed by atoms with Gasteiger partial charge < -0.3 is 5.11 Å². The van der Waals surface area contributed by atoms with E-state index in [4.69, 9.17) is 0 Å². The van der Waals surface area contributed by atoms with Crippen molar-refractivity contribution >= 4 is 0 Å². The average Bonchev–Trinajstić information content (AvgIpc) is 2.44. The van der Waals surface area contributed by atoms with Crippen molar-refractivity contribution in [1.29, 1.82) is 0 Å². The van der Waals surface area contributed by atoms with Gasteiger partial charge >= 0.3 is 0 Å². The molecule has 1 N–H and O–H groups in total. The second kappa shape index (κ2) is 5.37. The van der Waals surface area contributed by atoms with Gasteiger partial charge in [-0.1, -0.05) is 59.2 Å². The second-order valence-corrected chi connectivity index (χ2v) is 9.07. The summed E-state index contributed by atoms with van der Waals surface area (Å²) in [5.74, 6) is 0.904. The minimum absolute atomic E-state index is 0.165. The maximum atomic E-state index is 10.5. The van der Waals surface area contributed by atoms with Crippen molar-refractivity contribution in [2.24, 2.45) is 5.92 Å². The molecule has 1 aromatic carbocycles. The summed E-state index contributed by atoms with van der Waals surface area (Å²) in [6.07, 6.45) is 5.71. The summed E-state index contributed by atoms with van der Waals surface area (Å²) < 4.78 is 0. The predicted octanol–water partition coefficient (Wildman–Crippen LogP) is 5.30. The normalized spacial score (nSPS) is 33.3. The standard InChI is InChI=1S/C21H32O/c1-14-7-6-8-18(22)19(14)15-9-10-16-17(13-15)21(4,5)12-11-20(16,2)3/h9-10,13-14,18-19,22H,6-8,11-12H2,1-5H3. The monoisotopic (exact) mass is 300 g/mol. The predicted molar refractivity (Wildman–Crippen MR) is 93.5 cm³/mol. The molecule has 2 aliphatic carbocycles. The number of rotatable bonds is 1. The van der Waals surface area contributed by atoms with Crippen LogP contribution >= 0.6 is 0 Å². The van der Waals surface area contributed by atoms with Crippen molar-refractivity contribution < 1.29 is 5.11 Å². The molecule has 3 rings (SSSR count). The van der Waals surface area contributed by atoms with E-state index in [2.05, 4.69) is 52.8 Å². The first-order chi connectivity index (χ1) is 10.2. The molecule has 0 aliphatic heterocycles. The molecule has 3 atom stereocenters. The SMILES string of the molecule is CC1CCCC(O)C1c1ccc2c(c1)C(C)(C)CCC2(C)C. The highest BCUT2D eigenvalue weighted by molar-refractivity contribution is 5.44. The van der Waals surface area contributed by atoms with E-state index in [0.29, 0.717) is 11.8 Å². The van der Waals surface area contributed by atoms with Crippen LogP contribution in [0.15, 0.2) is 18.2 Å². The van der Waals surface area contributed by atoms with Gasteiger partial charge in [-0.05, 0) is 59.1 Å². The zero-order valence-electron chi connectivity index (χ0n) is 14.9. The van der Waals surface area contributed by atoms with Crippen LogP contribution in [0.1, 0.15) is 89.3 Å². The first-order valence-corrected chi connectivity index (χ1v) is 9.05. The van der Waals surface area contributed by atoms with E-state index in [9.17, 15) is 5.11 Å². The topological polar surface area (TPSA) is 20.2 Å². The summed E-state index contributed by atoms with van der Waals surface area (Å²) in [7, 11) is 0.